The third-order valence-corrected chi connectivity index (χ3v) is 2.78. The molecule has 0 aliphatic rings. The van der Waals surface area contributed by atoms with Gasteiger partial charge in [0.1, 0.15) is 11.5 Å². The molecule has 0 aliphatic carbocycles. The maximum atomic E-state index is 13.3. The summed E-state index contributed by atoms with van der Waals surface area (Å²) >= 11 is 0. The molecule has 5 nitrogen and oxygen atoms in total. The second kappa shape index (κ2) is 3.76. The highest BCUT2D eigenvalue weighted by atomic mass is 19.1. The number of aromatic amines is 1. The van der Waals surface area contributed by atoms with Crippen molar-refractivity contribution in [2.75, 3.05) is 5.73 Å². The monoisotopic (exact) mass is 243 g/mol. The average Bonchev–Trinajstić information content (AvgIpc) is 2.71. The van der Waals surface area contributed by atoms with Crippen LogP contribution in [0.5, 0.6) is 0 Å². The Morgan fingerprint density at radius 1 is 1.28 bits per heavy atom. The quantitative estimate of drug-likeness (QED) is 0.685. The van der Waals surface area contributed by atoms with E-state index in [0.717, 1.165) is 5.56 Å². The zero-order chi connectivity index (χ0) is 12.7. The summed E-state index contributed by atoms with van der Waals surface area (Å²) in [5, 5.41) is 8.30. The minimum atomic E-state index is -0.269. The molecule has 2 heterocycles. The number of rotatable bonds is 1. The molecule has 3 N–H and O–H groups in total. The molecule has 0 spiro atoms. The molecule has 0 saturated carbocycles. The Balaban J connectivity index is 2.19. The Morgan fingerprint density at radius 2 is 2.11 bits per heavy atom. The van der Waals surface area contributed by atoms with Gasteiger partial charge in [-0.25, -0.2) is 9.37 Å². The largest absolute Gasteiger partial charge is 0.366 e. The first-order valence-corrected chi connectivity index (χ1v) is 5.39. The summed E-state index contributed by atoms with van der Waals surface area (Å²) in [6.45, 7) is 1.81. The number of nitrogens with one attached hydrogen (secondary N) is 1. The smallest absolute Gasteiger partial charge is 0.240 e. The fraction of sp³-hybridized carbons (Fsp3) is 0.0833. The van der Waals surface area contributed by atoms with Crippen molar-refractivity contribution in [2.45, 2.75) is 6.92 Å². The Morgan fingerprint density at radius 3 is 2.89 bits per heavy atom. The Hall–Kier alpha value is -2.50. The van der Waals surface area contributed by atoms with Gasteiger partial charge in [0.05, 0.1) is 5.69 Å². The molecule has 1 aromatic carbocycles. The van der Waals surface area contributed by atoms with E-state index in [1.165, 1.54) is 6.20 Å². The lowest BCUT2D eigenvalue weighted by atomic mass is 10.1. The van der Waals surface area contributed by atoms with E-state index in [1.807, 2.05) is 6.07 Å². The minimum Gasteiger partial charge on any atom is -0.366 e. The number of halogens is 1. The average molecular weight is 243 g/mol. The standard InChI is InChI=1S/C12H10FN5/c1-6-11(17-18-12(14)16-6)7-2-3-8-9(13)5-15-10(8)4-7/h2-5,15H,1H3,(H2,14,16,18). The van der Waals surface area contributed by atoms with Crippen molar-refractivity contribution >= 4 is 16.9 Å². The summed E-state index contributed by atoms with van der Waals surface area (Å²) in [5.74, 6) is -0.127. The van der Waals surface area contributed by atoms with Crippen molar-refractivity contribution < 1.29 is 4.39 Å². The van der Waals surface area contributed by atoms with Crippen LogP contribution in [0.2, 0.25) is 0 Å². The summed E-state index contributed by atoms with van der Waals surface area (Å²) < 4.78 is 13.3. The first-order valence-electron chi connectivity index (χ1n) is 5.39. The van der Waals surface area contributed by atoms with E-state index in [0.29, 0.717) is 22.3 Å². The van der Waals surface area contributed by atoms with Gasteiger partial charge < -0.3 is 10.7 Å². The topological polar surface area (TPSA) is 80.5 Å². The molecule has 0 fully saturated rings. The van der Waals surface area contributed by atoms with E-state index in [2.05, 4.69) is 20.2 Å². The number of aromatic nitrogens is 4. The molecule has 0 radical (unpaired) electrons. The van der Waals surface area contributed by atoms with Gasteiger partial charge in [0.25, 0.3) is 0 Å². The lowest BCUT2D eigenvalue weighted by Gasteiger charge is -2.03. The van der Waals surface area contributed by atoms with Gasteiger partial charge in [0, 0.05) is 22.7 Å². The second-order valence-corrected chi connectivity index (χ2v) is 4.00. The maximum absolute atomic E-state index is 13.3. The summed E-state index contributed by atoms with van der Waals surface area (Å²) in [6, 6.07) is 5.30. The normalized spacial score (nSPS) is 11.0. The van der Waals surface area contributed by atoms with Crippen LogP contribution in [0.15, 0.2) is 24.4 Å². The van der Waals surface area contributed by atoms with Gasteiger partial charge in [-0.15, -0.1) is 10.2 Å². The van der Waals surface area contributed by atoms with E-state index in [1.54, 1.807) is 19.1 Å². The van der Waals surface area contributed by atoms with Crippen molar-refractivity contribution in [3.05, 3.63) is 35.9 Å². The predicted octanol–water partition coefficient (Wildman–Crippen LogP) is 2.05. The van der Waals surface area contributed by atoms with Crippen LogP contribution in [0.4, 0.5) is 10.3 Å². The van der Waals surface area contributed by atoms with Gasteiger partial charge in [-0.2, -0.15) is 0 Å². The zero-order valence-electron chi connectivity index (χ0n) is 9.61. The molecular formula is C12H10FN5. The molecular weight excluding hydrogens is 233 g/mol. The SMILES string of the molecule is Cc1nc(N)nnc1-c1ccc2c(F)c[nH]c2c1. The number of aryl methyl sites for hydroxylation is 1. The summed E-state index contributed by atoms with van der Waals surface area (Å²) in [7, 11) is 0. The van der Waals surface area contributed by atoms with Crippen LogP contribution >= 0.6 is 0 Å². The third-order valence-electron chi connectivity index (χ3n) is 2.78. The number of fused-ring (bicyclic) bond motifs is 1. The molecule has 0 atom stereocenters. The number of nitrogens with zero attached hydrogens (tertiary/aromatic N) is 3. The number of benzene rings is 1. The van der Waals surface area contributed by atoms with E-state index in [9.17, 15) is 4.39 Å². The fourth-order valence-electron chi connectivity index (χ4n) is 1.93. The van der Waals surface area contributed by atoms with Crippen LogP contribution in [0.3, 0.4) is 0 Å². The second-order valence-electron chi connectivity index (χ2n) is 4.00. The highest BCUT2D eigenvalue weighted by Gasteiger charge is 2.09. The molecule has 3 aromatic rings. The van der Waals surface area contributed by atoms with Crippen molar-refractivity contribution in [3.63, 3.8) is 0 Å². The fourth-order valence-corrected chi connectivity index (χ4v) is 1.93. The van der Waals surface area contributed by atoms with Crippen LogP contribution < -0.4 is 5.73 Å². The number of nitrogen functional groups attached to an aromatic ring is 1. The highest BCUT2D eigenvalue weighted by molar-refractivity contribution is 5.85. The Labute approximate surface area is 102 Å². The van der Waals surface area contributed by atoms with Gasteiger partial charge in [-0.3, -0.25) is 0 Å². The number of anilines is 1. The zero-order valence-corrected chi connectivity index (χ0v) is 9.61. The molecule has 0 bridgehead atoms. The van der Waals surface area contributed by atoms with Crippen molar-refractivity contribution in [3.8, 4) is 11.3 Å². The molecule has 2 aromatic heterocycles. The molecule has 18 heavy (non-hydrogen) atoms. The lowest BCUT2D eigenvalue weighted by Crippen LogP contribution is -2.01. The third kappa shape index (κ3) is 1.58. The van der Waals surface area contributed by atoms with Crippen LogP contribution in [0.25, 0.3) is 22.2 Å². The molecule has 3 rings (SSSR count). The van der Waals surface area contributed by atoms with Crippen LogP contribution in [-0.4, -0.2) is 20.2 Å². The van der Waals surface area contributed by atoms with Gasteiger partial charge in [-0.05, 0) is 19.1 Å². The molecule has 0 saturated heterocycles. The van der Waals surface area contributed by atoms with Gasteiger partial charge in [0.15, 0.2) is 0 Å². The first-order chi connectivity index (χ1) is 8.65. The lowest BCUT2D eigenvalue weighted by molar-refractivity contribution is 0.639. The van der Waals surface area contributed by atoms with Crippen molar-refractivity contribution in [2.24, 2.45) is 0 Å². The van der Waals surface area contributed by atoms with Gasteiger partial charge in [0.2, 0.25) is 5.95 Å². The van der Waals surface area contributed by atoms with E-state index in [-0.39, 0.29) is 11.8 Å². The predicted molar refractivity (Wildman–Crippen MR) is 66.2 cm³/mol. The summed E-state index contributed by atoms with van der Waals surface area (Å²) in [5.41, 5.74) is 8.32. The number of nitrogens with two attached hydrogens (primary N) is 1. The van der Waals surface area contributed by atoms with E-state index in [4.69, 9.17) is 5.73 Å². The molecule has 6 heteroatoms. The summed E-state index contributed by atoms with van der Waals surface area (Å²) in [6.07, 6.45) is 1.33. The van der Waals surface area contributed by atoms with Gasteiger partial charge >= 0.3 is 0 Å². The minimum absolute atomic E-state index is 0.142. The number of H-pyrrole nitrogens is 1. The van der Waals surface area contributed by atoms with Gasteiger partial charge in [-0.1, -0.05) is 6.07 Å². The number of hydrogen-bond donors (Lipinski definition) is 2. The van der Waals surface area contributed by atoms with Crippen molar-refractivity contribution in [1.29, 1.82) is 0 Å². The molecule has 90 valence electrons. The van der Waals surface area contributed by atoms with E-state index < -0.39 is 0 Å². The molecule has 0 amide bonds. The Bertz CT molecular complexity index is 734. The van der Waals surface area contributed by atoms with Crippen LogP contribution in [0.1, 0.15) is 5.69 Å². The highest BCUT2D eigenvalue weighted by Crippen LogP contribution is 2.25. The first kappa shape index (κ1) is 10.6. The number of hydrogen-bond acceptors (Lipinski definition) is 4. The maximum Gasteiger partial charge on any atom is 0.240 e. The molecule has 0 aliphatic heterocycles. The van der Waals surface area contributed by atoms with Crippen LogP contribution in [-0.2, 0) is 0 Å². The summed E-state index contributed by atoms with van der Waals surface area (Å²) in [4.78, 5) is 6.92. The van der Waals surface area contributed by atoms with E-state index >= 15 is 0 Å². The van der Waals surface area contributed by atoms with Crippen molar-refractivity contribution in [1.82, 2.24) is 20.2 Å². The Kier molecular flexibility index (Phi) is 2.22. The molecule has 0 unspecified atom stereocenters. The van der Waals surface area contributed by atoms with Crippen LogP contribution in [0, 0.1) is 12.7 Å².